The van der Waals surface area contributed by atoms with E-state index < -0.39 is 0 Å². The zero-order valence-electron chi connectivity index (χ0n) is 9.99. The molecule has 1 amide bonds. The molecule has 0 radical (unpaired) electrons. The summed E-state index contributed by atoms with van der Waals surface area (Å²) in [6.45, 7) is 1.64. The van der Waals surface area contributed by atoms with Gasteiger partial charge in [0.2, 0.25) is 0 Å². The van der Waals surface area contributed by atoms with E-state index in [0.29, 0.717) is 10.2 Å². The Morgan fingerprint density at radius 2 is 2.06 bits per heavy atom. The highest BCUT2D eigenvalue weighted by atomic mass is 79.9. The summed E-state index contributed by atoms with van der Waals surface area (Å²) in [5.41, 5.74) is 0. The molecule has 1 fully saturated rings. The van der Waals surface area contributed by atoms with Gasteiger partial charge in [0.1, 0.15) is 11.6 Å². The molecule has 0 bridgehead atoms. The van der Waals surface area contributed by atoms with Crippen molar-refractivity contribution in [3.05, 3.63) is 28.5 Å². The number of carbonyl (C=O) groups is 1. The summed E-state index contributed by atoms with van der Waals surface area (Å²) in [6, 6.07) is 4.35. The lowest BCUT2D eigenvalue weighted by Crippen LogP contribution is -2.38. The minimum atomic E-state index is -0.343. The molecule has 1 heterocycles. The van der Waals surface area contributed by atoms with Gasteiger partial charge in [0.25, 0.3) is 5.91 Å². The Morgan fingerprint density at radius 3 is 2.72 bits per heavy atom. The molecule has 1 aromatic rings. The molecular weight excluding hydrogens is 301 g/mol. The van der Waals surface area contributed by atoms with E-state index >= 15 is 0 Å². The molecule has 1 aliphatic rings. The number of piperidine rings is 1. The fourth-order valence-corrected chi connectivity index (χ4v) is 2.30. The number of benzene rings is 1. The van der Waals surface area contributed by atoms with Crippen LogP contribution in [0.2, 0.25) is 0 Å². The predicted molar refractivity (Wildman–Crippen MR) is 70.0 cm³/mol. The van der Waals surface area contributed by atoms with Gasteiger partial charge in [-0.25, -0.2) is 4.39 Å². The Labute approximate surface area is 114 Å². The van der Waals surface area contributed by atoms with Crippen LogP contribution in [0.4, 0.5) is 4.39 Å². The molecule has 1 aromatic carbocycles. The van der Waals surface area contributed by atoms with Crippen LogP contribution in [0.3, 0.4) is 0 Å². The Hall–Kier alpha value is -1.10. The van der Waals surface area contributed by atoms with E-state index in [9.17, 15) is 9.18 Å². The molecule has 0 saturated carbocycles. The first-order valence-electron chi connectivity index (χ1n) is 6.02. The number of halogens is 2. The van der Waals surface area contributed by atoms with Crippen molar-refractivity contribution < 1.29 is 13.9 Å². The normalized spacial score (nSPS) is 15.6. The first-order chi connectivity index (χ1) is 8.66. The molecule has 0 spiro atoms. The van der Waals surface area contributed by atoms with Crippen LogP contribution in [0.5, 0.6) is 5.75 Å². The molecule has 18 heavy (non-hydrogen) atoms. The van der Waals surface area contributed by atoms with Crippen LogP contribution in [0.15, 0.2) is 22.7 Å². The number of amides is 1. The zero-order chi connectivity index (χ0) is 13.0. The number of ether oxygens (including phenoxy) is 1. The lowest BCUT2D eigenvalue weighted by atomic mass is 10.1. The third kappa shape index (κ3) is 3.45. The van der Waals surface area contributed by atoms with Crippen molar-refractivity contribution in [3.63, 3.8) is 0 Å². The van der Waals surface area contributed by atoms with Gasteiger partial charge < -0.3 is 9.64 Å². The summed E-state index contributed by atoms with van der Waals surface area (Å²) < 4.78 is 18.7. The van der Waals surface area contributed by atoms with Gasteiger partial charge in [-0.1, -0.05) is 0 Å². The largest absolute Gasteiger partial charge is 0.484 e. The first-order valence-corrected chi connectivity index (χ1v) is 6.82. The van der Waals surface area contributed by atoms with E-state index in [4.69, 9.17) is 4.74 Å². The summed E-state index contributed by atoms with van der Waals surface area (Å²) in [7, 11) is 0. The maximum atomic E-state index is 13.0. The van der Waals surface area contributed by atoms with Crippen LogP contribution in [-0.4, -0.2) is 30.5 Å². The van der Waals surface area contributed by atoms with Crippen LogP contribution in [0.25, 0.3) is 0 Å². The number of nitrogens with zero attached hydrogens (tertiary/aromatic N) is 1. The van der Waals surface area contributed by atoms with Crippen molar-refractivity contribution in [1.82, 2.24) is 4.90 Å². The lowest BCUT2D eigenvalue weighted by molar-refractivity contribution is -0.134. The van der Waals surface area contributed by atoms with Gasteiger partial charge in [-0.15, -0.1) is 0 Å². The monoisotopic (exact) mass is 315 g/mol. The van der Waals surface area contributed by atoms with Crippen LogP contribution in [-0.2, 0) is 4.79 Å². The van der Waals surface area contributed by atoms with E-state index in [-0.39, 0.29) is 18.3 Å². The van der Waals surface area contributed by atoms with E-state index in [2.05, 4.69) is 15.9 Å². The van der Waals surface area contributed by atoms with Crippen molar-refractivity contribution in [2.45, 2.75) is 19.3 Å². The number of rotatable bonds is 3. The molecule has 1 saturated heterocycles. The summed E-state index contributed by atoms with van der Waals surface area (Å²) >= 11 is 3.08. The summed E-state index contributed by atoms with van der Waals surface area (Å²) in [4.78, 5) is 13.7. The van der Waals surface area contributed by atoms with Crippen molar-refractivity contribution in [1.29, 1.82) is 0 Å². The van der Waals surface area contributed by atoms with Gasteiger partial charge in [0, 0.05) is 13.1 Å². The summed E-state index contributed by atoms with van der Waals surface area (Å²) in [6.07, 6.45) is 3.32. The molecule has 0 aromatic heterocycles. The van der Waals surface area contributed by atoms with Crippen molar-refractivity contribution in [3.8, 4) is 5.75 Å². The quantitative estimate of drug-likeness (QED) is 0.858. The Kier molecular flexibility index (Phi) is 4.58. The summed E-state index contributed by atoms with van der Waals surface area (Å²) in [5.74, 6) is 0.147. The molecule has 2 rings (SSSR count). The smallest absolute Gasteiger partial charge is 0.260 e. The number of hydrogen-bond acceptors (Lipinski definition) is 2. The Morgan fingerprint density at radius 1 is 1.33 bits per heavy atom. The van der Waals surface area contributed by atoms with Crippen LogP contribution in [0.1, 0.15) is 19.3 Å². The van der Waals surface area contributed by atoms with E-state index in [1.165, 1.54) is 24.6 Å². The van der Waals surface area contributed by atoms with Gasteiger partial charge in [-0.3, -0.25) is 4.79 Å². The fourth-order valence-electron chi connectivity index (χ4n) is 1.95. The molecule has 1 aliphatic heterocycles. The molecule has 5 heteroatoms. The summed E-state index contributed by atoms with van der Waals surface area (Å²) in [5, 5.41) is 0. The van der Waals surface area contributed by atoms with Gasteiger partial charge in [-0.05, 0) is 53.4 Å². The minimum Gasteiger partial charge on any atom is -0.484 e. The SMILES string of the molecule is O=C(COc1ccc(F)c(Br)c1)N1CCCCC1. The van der Waals surface area contributed by atoms with E-state index in [1.54, 1.807) is 0 Å². The van der Waals surface area contributed by atoms with Gasteiger partial charge >= 0.3 is 0 Å². The van der Waals surface area contributed by atoms with Crippen molar-refractivity contribution >= 4 is 21.8 Å². The first kappa shape index (κ1) is 13.3. The third-order valence-electron chi connectivity index (χ3n) is 2.96. The average Bonchev–Trinajstić information content (AvgIpc) is 2.41. The van der Waals surface area contributed by atoms with Crippen molar-refractivity contribution in [2.75, 3.05) is 19.7 Å². The number of likely N-dealkylation sites (tertiary alicyclic amines) is 1. The predicted octanol–water partition coefficient (Wildman–Crippen LogP) is 2.98. The maximum Gasteiger partial charge on any atom is 0.260 e. The molecule has 0 unspecified atom stereocenters. The number of hydrogen-bond donors (Lipinski definition) is 0. The maximum absolute atomic E-state index is 13.0. The molecule has 0 aliphatic carbocycles. The second-order valence-corrected chi connectivity index (χ2v) is 5.16. The second kappa shape index (κ2) is 6.18. The average molecular weight is 316 g/mol. The van der Waals surface area contributed by atoms with Gasteiger partial charge in [-0.2, -0.15) is 0 Å². The van der Waals surface area contributed by atoms with E-state index in [0.717, 1.165) is 25.9 Å². The highest BCUT2D eigenvalue weighted by Crippen LogP contribution is 2.21. The van der Waals surface area contributed by atoms with Gasteiger partial charge in [0.15, 0.2) is 6.61 Å². The molecule has 98 valence electrons. The van der Waals surface area contributed by atoms with Crippen LogP contribution >= 0.6 is 15.9 Å². The second-order valence-electron chi connectivity index (χ2n) is 4.31. The standard InChI is InChI=1S/C13H15BrFNO2/c14-11-8-10(4-5-12(11)15)18-9-13(17)16-6-2-1-3-7-16/h4-5,8H,1-3,6-7,9H2. The molecule has 0 atom stereocenters. The van der Waals surface area contributed by atoms with Crippen LogP contribution < -0.4 is 4.74 Å². The molecule has 3 nitrogen and oxygen atoms in total. The Balaban J connectivity index is 1.86. The molecular formula is C13H15BrFNO2. The van der Waals surface area contributed by atoms with Crippen molar-refractivity contribution in [2.24, 2.45) is 0 Å². The number of carbonyl (C=O) groups excluding carboxylic acids is 1. The van der Waals surface area contributed by atoms with Crippen LogP contribution in [0, 0.1) is 5.82 Å². The fraction of sp³-hybridized carbons (Fsp3) is 0.462. The van der Waals surface area contributed by atoms with Gasteiger partial charge in [0.05, 0.1) is 4.47 Å². The topological polar surface area (TPSA) is 29.5 Å². The molecule has 0 N–H and O–H groups in total. The lowest BCUT2D eigenvalue weighted by Gasteiger charge is -2.26. The third-order valence-corrected chi connectivity index (χ3v) is 3.57. The minimum absolute atomic E-state index is 0.00449. The highest BCUT2D eigenvalue weighted by molar-refractivity contribution is 9.10. The van der Waals surface area contributed by atoms with E-state index in [1.807, 2.05) is 4.90 Å². The highest BCUT2D eigenvalue weighted by Gasteiger charge is 2.16. The Bertz CT molecular complexity index is 433. The zero-order valence-corrected chi connectivity index (χ0v) is 11.6.